The molecule has 3 rings (SSSR count). The van der Waals surface area contributed by atoms with Gasteiger partial charge in [-0.25, -0.2) is 4.79 Å². The molecule has 0 bridgehead atoms. The van der Waals surface area contributed by atoms with Crippen LogP contribution in [0.2, 0.25) is 5.02 Å². The highest BCUT2D eigenvalue weighted by atomic mass is 35.5. The lowest BCUT2D eigenvalue weighted by molar-refractivity contribution is -0.149. The Morgan fingerprint density at radius 1 is 0.933 bits per heavy atom. The van der Waals surface area contributed by atoms with Crippen molar-refractivity contribution in [3.05, 3.63) is 106 Å². The molecule has 0 heterocycles. The van der Waals surface area contributed by atoms with Crippen molar-refractivity contribution in [2.24, 2.45) is 0 Å². The standard InChI is InChI=1S/C25H22ClNO3/c1-17-13-18(2)15-22(14-17)27-25(29)24(20-8-4-3-5-9-20)30-23(28)12-11-19-7-6-10-21(26)16-19/h3-16,24H,1-2H3,(H,27,29). The van der Waals surface area contributed by atoms with Crippen molar-refractivity contribution < 1.29 is 14.3 Å². The van der Waals surface area contributed by atoms with Crippen molar-refractivity contribution in [3.8, 4) is 0 Å². The van der Waals surface area contributed by atoms with Gasteiger partial charge in [0, 0.05) is 22.3 Å². The summed E-state index contributed by atoms with van der Waals surface area (Å²) in [6, 6.07) is 21.8. The van der Waals surface area contributed by atoms with Crippen LogP contribution in [0.3, 0.4) is 0 Å². The van der Waals surface area contributed by atoms with E-state index in [1.807, 2.05) is 44.2 Å². The van der Waals surface area contributed by atoms with E-state index in [4.69, 9.17) is 16.3 Å². The molecule has 0 aromatic heterocycles. The lowest BCUT2D eigenvalue weighted by atomic mass is 10.1. The van der Waals surface area contributed by atoms with Crippen LogP contribution in [0.1, 0.15) is 28.4 Å². The molecule has 1 atom stereocenters. The van der Waals surface area contributed by atoms with Gasteiger partial charge in [0.15, 0.2) is 0 Å². The number of nitrogens with one attached hydrogen (secondary N) is 1. The maximum Gasteiger partial charge on any atom is 0.331 e. The zero-order valence-electron chi connectivity index (χ0n) is 16.8. The number of benzene rings is 3. The predicted molar refractivity (Wildman–Crippen MR) is 120 cm³/mol. The molecular weight excluding hydrogens is 398 g/mol. The van der Waals surface area contributed by atoms with Crippen molar-refractivity contribution >= 4 is 35.2 Å². The van der Waals surface area contributed by atoms with Crippen LogP contribution in [-0.2, 0) is 14.3 Å². The maximum atomic E-state index is 13.0. The molecule has 4 nitrogen and oxygen atoms in total. The number of anilines is 1. The molecule has 0 aliphatic rings. The smallest absolute Gasteiger partial charge is 0.331 e. The van der Waals surface area contributed by atoms with E-state index in [1.165, 1.54) is 6.08 Å². The Bertz CT molecular complexity index is 1060. The van der Waals surface area contributed by atoms with Gasteiger partial charge in [-0.15, -0.1) is 0 Å². The summed E-state index contributed by atoms with van der Waals surface area (Å²) in [7, 11) is 0. The van der Waals surface area contributed by atoms with Crippen LogP contribution in [0.15, 0.2) is 78.9 Å². The van der Waals surface area contributed by atoms with E-state index in [0.29, 0.717) is 16.3 Å². The maximum absolute atomic E-state index is 13.0. The lowest BCUT2D eigenvalue weighted by Gasteiger charge is -2.18. The topological polar surface area (TPSA) is 55.4 Å². The summed E-state index contributed by atoms with van der Waals surface area (Å²) < 4.78 is 5.51. The first-order valence-corrected chi connectivity index (χ1v) is 9.87. The summed E-state index contributed by atoms with van der Waals surface area (Å²) in [6.07, 6.45) is 1.80. The summed E-state index contributed by atoms with van der Waals surface area (Å²) in [4.78, 5) is 25.4. The third kappa shape index (κ3) is 6.06. The van der Waals surface area contributed by atoms with Crippen LogP contribution >= 0.6 is 11.6 Å². The Morgan fingerprint density at radius 3 is 2.30 bits per heavy atom. The van der Waals surface area contributed by atoms with E-state index in [9.17, 15) is 9.59 Å². The fraction of sp³-hybridized carbons (Fsp3) is 0.120. The van der Waals surface area contributed by atoms with Gasteiger partial charge >= 0.3 is 5.97 Å². The predicted octanol–water partition coefficient (Wildman–Crippen LogP) is 5.89. The number of hydrogen-bond acceptors (Lipinski definition) is 3. The molecule has 3 aromatic rings. The first kappa shape index (κ1) is 21.3. The van der Waals surface area contributed by atoms with Gasteiger partial charge in [-0.05, 0) is 60.9 Å². The second kappa shape index (κ2) is 9.90. The molecule has 1 amide bonds. The van der Waals surface area contributed by atoms with Gasteiger partial charge in [-0.1, -0.05) is 60.1 Å². The monoisotopic (exact) mass is 419 g/mol. The normalized spacial score (nSPS) is 11.8. The zero-order valence-corrected chi connectivity index (χ0v) is 17.5. The van der Waals surface area contributed by atoms with Gasteiger partial charge in [-0.3, -0.25) is 4.79 Å². The third-order valence-corrected chi connectivity index (χ3v) is 4.56. The average Bonchev–Trinajstić information content (AvgIpc) is 2.70. The van der Waals surface area contributed by atoms with Gasteiger partial charge in [0.05, 0.1) is 0 Å². The van der Waals surface area contributed by atoms with Gasteiger partial charge in [0.25, 0.3) is 5.91 Å². The minimum absolute atomic E-state index is 0.421. The van der Waals surface area contributed by atoms with E-state index >= 15 is 0 Å². The number of carbonyl (C=O) groups is 2. The number of rotatable bonds is 6. The van der Waals surface area contributed by atoms with E-state index in [0.717, 1.165) is 16.7 Å². The molecule has 0 spiro atoms. The number of hydrogen-bond donors (Lipinski definition) is 1. The highest BCUT2D eigenvalue weighted by Gasteiger charge is 2.24. The number of carbonyl (C=O) groups excluding carboxylic acids is 2. The molecule has 0 fully saturated rings. The molecule has 5 heteroatoms. The number of ether oxygens (including phenoxy) is 1. The Hall–Kier alpha value is -3.37. The molecule has 0 saturated carbocycles. The number of aryl methyl sites for hydroxylation is 2. The molecule has 0 saturated heterocycles. The molecule has 0 radical (unpaired) electrons. The molecule has 30 heavy (non-hydrogen) atoms. The summed E-state index contributed by atoms with van der Waals surface area (Å²) in [6.45, 7) is 3.91. The molecule has 152 valence electrons. The van der Waals surface area contributed by atoms with Crippen LogP contribution in [0.25, 0.3) is 6.08 Å². The highest BCUT2D eigenvalue weighted by molar-refractivity contribution is 6.30. The Morgan fingerprint density at radius 2 is 1.63 bits per heavy atom. The minimum Gasteiger partial charge on any atom is -0.444 e. The van der Waals surface area contributed by atoms with Gasteiger partial charge in [-0.2, -0.15) is 0 Å². The molecule has 0 aliphatic heterocycles. The summed E-state index contributed by atoms with van der Waals surface area (Å²) >= 11 is 5.96. The van der Waals surface area contributed by atoms with Crippen molar-refractivity contribution in [1.29, 1.82) is 0 Å². The van der Waals surface area contributed by atoms with Crippen molar-refractivity contribution in [2.75, 3.05) is 5.32 Å². The summed E-state index contributed by atoms with van der Waals surface area (Å²) in [5.74, 6) is -1.05. The summed E-state index contributed by atoms with van der Waals surface area (Å²) in [5, 5.41) is 3.42. The Labute approximate surface area is 181 Å². The fourth-order valence-corrected chi connectivity index (χ4v) is 3.28. The first-order valence-electron chi connectivity index (χ1n) is 9.49. The fourth-order valence-electron chi connectivity index (χ4n) is 3.09. The van der Waals surface area contributed by atoms with Gasteiger partial charge in [0.1, 0.15) is 0 Å². The number of halogens is 1. The highest BCUT2D eigenvalue weighted by Crippen LogP contribution is 2.22. The summed E-state index contributed by atoms with van der Waals surface area (Å²) in [5.41, 5.74) is 4.06. The molecule has 3 aromatic carbocycles. The Kier molecular flexibility index (Phi) is 7.04. The van der Waals surface area contributed by atoms with E-state index in [-0.39, 0.29) is 0 Å². The Balaban J connectivity index is 1.78. The second-order valence-electron chi connectivity index (χ2n) is 6.98. The van der Waals surface area contributed by atoms with Gasteiger partial charge in [0.2, 0.25) is 6.10 Å². The second-order valence-corrected chi connectivity index (χ2v) is 7.42. The molecule has 1 N–H and O–H groups in total. The van der Waals surface area contributed by atoms with Crippen molar-refractivity contribution in [2.45, 2.75) is 20.0 Å². The van der Waals surface area contributed by atoms with Gasteiger partial charge < -0.3 is 10.1 Å². The van der Waals surface area contributed by atoms with Crippen LogP contribution < -0.4 is 5.32 Å². The van der Waals surface area contributed by atoms with Crippen LogP contribution in [0.4, 0.5) is 5.69 Å². The average molecular weight is 420 g/mol. The molecule has 1 unspecified atom stereocenters. The van der Waals surface area contributed by atoms with E-state index < -0.39 is 18.0 Å². The van der Waals surface area contributed by atoms with E-state index in [2.05, 4.69) is 5.32 Å². The SMILES string of the molecule is Cc1cc(C)cc(NC(=O)C(OC(=O)C=Cc2cccc(Cl)c2)c2ccccc2)c1. The molecule has 0 aliphatic carbocycles. The number of amides is 1. The van der Waals surface area contributed by atoms with Crippen molar-refractivity contribution in [1.82, 2.24) is 0 Å². The van der Waals surface area contributed by atoms with Crippen LogP contribution in [0.5, 0.6) is 0 Å². The molecular formula is C25H22ClNO3. The quantitative estimate of drug-likeness (QED) is 0.400. The van der Waals surface area contributed by atoms with Crippen molar-refractivity contribution in [3.63, 3.8) is 0 Å². The minimum atomic E-state index is -1.08. The van der Waals surface area contributed by atoms with Crippen LogP contribution in [-0.4, -0.2) is 11.9 Å². The largest absolute Gasteiger partial charge is 0.444 e. The first-order chi connectivity index (χ1) is 14.4. The number of esters is 1. The van der Waals surface area contributed by atoms with Crippen LogP contribution in [0, 0.1) is 13.8 Å². The zero-order chi connectivity index (χ0) is 21.5. The lowest BCUT2D eigenvalue weighted by Crippen LogP contribution is -2.25. The third-order valence-electron chi connectivity index (χ3n) is 4.32. The van der Waals surface area contributed by atoms with E-state index in [1.54, 1.807) is 48.5 Å².